The van der Waals surface area contributed by atoms with Crippen molar-refractivity contribution in [3.63, 3.8) is 0 Å². The molecule has 0 aliphatic heterocycles. The molecular formula is C11H16N4O. The lowest BCUT2D eigenvalue weighted by Gasteiger charge is -2.21. The third kappa shape index (κ3) is 1.80. The number of benzene rings is 1. The lowest BCUT2D eigenvalue weighted by molar-refractivity contribution is 0.315. The Hall–Kier alpha value is -1.78. The number of nitrogen functional groups attached to an aromatic ring is 1. The number of hydrogen-bond donors (Lipinski definition) is 1. The van der Waals surface area contributed by atoms with Crippen LogP contribution in [0.25, 0.3) is 11.0 Å². The topological polar surface area (TPSA) is 68.2 Å². The molecule has 0 fully saturated rings. The van der Waals surface area contributed by atoms with E-state index in [4.69, 9.17) is 10.4 Å². The quantitative estimate of drug-likeness (QED) is 0.800. The minimum absolute atomic E-state index is 0.581. The second-order valence-corrected chi connectivity index (χ2v) is 4.41. The molecule has 1 aromatic carbocycles. The lowest BCUT2D eigenvalue weighted by Crippen LogP contribution is -2.22. The average molecular weight is 220 g/mol. The van der Waals surface area contributed by atoms with Crippen molar-refractivity contribution in [2.75, 3.05) is 24.2 Å². The second kappa shape index (κ2) is 4.00. The fraction of sp³-hybridized carbons (Fsp3) is 0.455. The number of nitrogens with zero attached hydrogens (tertiary/aromatic N) is 3. The molecule has 2 aromatic rings. The van der Waals surface area contributed by atoms with E-state index < -0.39 is 0 Å². The molecule has 86 valence electrons. The highest BCUT2D eigenvalue weighted by Gasteiger charge is 2.13. The summed E-state index contributed by atoms with van der Waals surface area (Å²) < 4.78 is 4.73. The van der Waals surface area contributed by atoms with E-state index in [9.17, 15) is 0 Å². The molecule has 2 rings (SSSR count). The highest BCUT2D eigenvalue weighted by molar-refractivity contribution is 5.95. The smallest absolute Gasteiger partial charge is 0.160 e. The van der Waals surface area contributed by atoms with Crippen LogP contribution in [-0.2, 0) is 0 Å². The minimum Gasteiger partial charge on any atom is -0.397 e. The van der Waals surface area contributed by atoms with Crippen LogP contribution < -0.4 is 10.6 Å². The molecule has 0 aliphatic rings. The van der Waals surface area contributed by atoms with Crippen molar-refractivity contribution in [2.45, 2.75) is 13.8 Å². The normalized spacial score (nSPS) is 11.2. The van der Waals surface area contributed by atoms with Crippen LogP contribution in [0.5, 0.6) is 0 Å². The summed E-state index contributed by atoms with van der Waals surface area (Å²) in [5.41, 5.74) is 8.74. The number of fused-ring (bicyclic) bond motifs is 1. The number of hydrogen-bond acceptors (Lipinski definition) is 5. The standard InChI is InChI=1S/C11H16N4O/c1-7(2)6-15(3)9-5-4-8(12)10-11(9)14-16-13-10/h4-5,7H,6,12H2,1-3H3. The Morgan fingerprint density at radius 3 is 2.69 bits per heavy atom. The summed E-state index contributed by atoms with van der Waals surface area (Å²) in [5.74, 6) is 0.581. The molecule has 16 heavy (non-hydrogen) atoms. The molecule has 0 atom stereocenters. The van der Waals surface area contributed by atoms with Crippen LogP contribution in [0, 0.1) is 5.92 Å². The van der Waals surface area contributed by atoms with Gasteiger partial charge in [-0.1, -0.05) is 13.8 Å². The molecule has 5 heteroatoms. The van der Waals surface area contributed by atoms with Gasteiger partial charge in [0.25, 0.3) is 0 Å². The van der Waals surface area contributed by atoms with Gasteiger partial charge in [0.1, 0.15) is 0 Å². The van der Waals surface area contributed by atoms with Gasteiger partial charge in [0.15, 0.2) is 11.0 Å². The van der Waals surface area contributed by atoms with E-state index >= 15 is 0 Å². The monoisotopic (exact) mass is 220 g/mol. The van der Waals surface area contributed by atoms with Gasteiger partial charge in [-0.25, -0.2) is 4.63 Å². The van der Waals surface area contributed by atoms with Crippen molar-refractivity contribution >= 4 is 22.4 Å². The van der Waals surface area contributed by atoms with Crippen LogP contribution in [0.4, 0.5) is 11.4 Å². The molecule has 0 saturated heterocycles. The molecule has 0 spiro atoms. The van der Waals surface area contributed by atoms with E-state index in [2.05, 4.69) is 29.1 Å². The molecule has 1 aromatic heterocycles. The van der Waals surface area contributed by atoms with E-state index in [1.807, 2.05) is 19.2 Å². The fourth-order valence-corrected chi connectivity index (χ4v) is 1.83. The highest BCUT2D eigenvalue weighted by Crippen LogP contribution is 2.27. The maximum Gasteiger partial charge on any atom is 0.160 e. The van der Waals surface area contributed by atoms with Crippen LogP contribution in [0.2, 0.25) is 0 Å². The summed E-state index contributed by atoms with van der Waals surface area (Å²) in [6.45, 7) is 5.30. The first-order valence-electron chi connectivity index (χ1n) is 5.31. The third-order valence-corrected chi connectivity index (χ3v) is 2.48. The van der Waals surface area contributed by atoms with Gasteiger partial charge in [0.05, 0.1) is 11.4 Å². The molecule has 0 unspecified atom stereocenters. The highest BCUT2D eigenvalue weighted by atomic mass is 16.6. The number of nitrogens with two attached hydrogens (primary N) is 1. The van der Waals surface area contributed by atoms with E-state index in [0.29, 0.717) is 17.1 Å². The molecule has 0 amide bonds. The summed E-state index contributed by atoms with van der Waals surface area (Å²) >= 11 is 0. The van der Waals surface area contributed by atoms with Crippen molar-refractivity contribution in [3.05, 3.63) is 12.1 Å². The largest absolute Gasteiger partial charge is 0.397 e. The zero-order chi connectivity index (χ0) is 11.7. The molecule has 2 N–H and O–H groups in total. The third-order valence-electron chi connectivity index (χ3n) is 2.48. The fourth-order valence-electron chi connectivity index (χ4n) is 1.83. The Morgan fingerprint density at radius 1 is 1.31 bits per heavy atom. The maximum atomic E-state index is 5.79. The number of anilines is 2. The number of aromatic nitrogens is 2. The lowest BCUT2D eigenvalue weighted by atomic mass is 10.1. The van der Waals surface area contributed by atoms with Gasteiger partial charge < -0.3 is 10.6 Å². The van der Waals surface area contributed by atoms with Gasteiger partial charge in [-0.05, 0) is 28.4 Å². The molecule has 0 bridgehead atoms. The zero-order valence-corrected chi connectivity index (χ0v) is 9.77. The zero-order valence-electron chi connectivity index (χ0n) is 9.77. The SMILES string of the molecule is CC(C)CN(C)c1ccc(N)c2nonc12. The molecule has 0 saturated carbocycles. The minimum atomic E-state index is 0.581. The second-order valence-electron chi connectivity index (χ2n) is 4.41. The number of rotatable bonds is 3. The first-order chi connectivity index (χ1) is 7.59. The van der Waals surface area contributed by atoms with Crippen molar-refractivity contribution in [3.8, 4) is 0 Å². The van der Waals surface area contributed by atoms with Crippen LogP contribution in [-0.4, -0.2) is 23.9 Å². The Kier molecular flexibility index (Phi) is 2.68. The van der Waals surface area contributed by atoms with Crippen LogP contribution in [0.1, 0.15) is 13.8 Å². The van der Waals surface area contributed by atoms with Gasteiger partial charge in [-0.15, -0.1) is 0 Å². The van der Waals surface area contributed by atoms with Crippen molar-refractivity contribution in [2.24, 2.45) is 5.92 Å². The van der Waals surface area contributed by atoms with E-state index in [1.165, 1.54) is 0 Å². The predicted molar refractivity (Wildman–Crippen MR) is 64.3 cm³/mol. The summed E-state index contributed by atoms with van der Waals surface area (Å²) in [5, 5.41) is 7.70. The Balaban J connectivity index is 2.44. The van der Waals surface area contributed by atoms with Gasteiger partial charge in [0.2, 0.25) is 0 Å². The van der Waals surface area contributed by atoms with E-state index in [1.54, 1.807) is 0 Å². The van der Waals surface area contributed by atoms with Crippen LogP contribution >= 0.6 is 0 Å². The molecule has 0 aliphatic carbocycles. The van der Waals surface area contributed by atoms with Crippen molar-refractivity contribution < 1.29 is 4.63 Å². The molecule has 1 heterocycles. The van der Waals surface area contributed by atoms with Crippen LogP contribution in [0.15, 0.2) is 16.8 Å². The van der Waals surface area contributed by atoms with E-state index in [0.717, 1.165) is 17.7 Å². The molecule has 0 radical (unpaired) electrons. The molecule has 5 nitrogen and oxygen atoms in total. The van der Waals surface area contributed by atoms with Gasteiger partial charge in [-0.3, -0.25) is 0 Å². The van der Waals surface area contributed by atoms with Crippen LogP contribution in [0.3, 0.4) is 0 Å². The first kappa shape index (κ1) is 10.7. The first-order valence-corrected chi connectivity index (χ1v) is 5.31. The average Bonchev–Trinajstić information content (AvgIpc) is 2.66. The Bertz CT molecular complexity index is 492. The summed E-state index contributed by atoms with van der Waals surface area (Å²) in [7, 11) is 2.03. The summed E-state index contributed by atoms with van der Waals surface area (Å²) in [6.07, 6.45) is 0. The summed E-state index contributed by atoms with van der Waals surface area (Å²) in [4.78, 5) is 2.14. The Labute approximate surface area is 94.2 Å². The maximum absolute atomic E-state index is 5.79. The molecular weight excluding hydrogens is 204 g/mol. The Morgan fingerprint density at radius 2 is 2.00 bits per heavy atom. The van der Waals surface area contributed by atoms with Gasteiger partial charge >= 0.3 is 0 Å². The summed E-state index contributed by atoms with van der Waals surface area (Å²) in [6, 6.07) is 3.78. The van der Waals surface area contributed by atoms with E-state index in [-0.39, 0.29) is 0 Å². The van der Waals surface area contributed by atoms with Gasteiger partial charge in [-0.2, -0.15) is 0 Å². The van der Waals surface area contributed by atoms with Crippen molar-refractivity contribution in [1.29, 1.82) is 0 Å². The van der Waals surface area contributed by atoms with Gasteiger partial charge in [0, 0.05) is 13.6 Å². The predicted octanol–water partition coefficient (Wildman–Crippen LogP) is 1.90. The van der Waals surface area contributed by atoms with Crippen molar-refractivity contribution in [1.82, 2.24) is 10.3 Å².